The van der Waals surface area contributed by atoms with Crippen LogP contribution in [0.1, 0.15) is 13.3 Å². The quantitative estimate of drug-likeness (QED) is 0.804. The van der Waals surface area contributed by atoms with E-state index in [2.05, 4.69) is 20.9 Å². The lowest BCUT2D eigenvalue weighted by atomic mass is 10.3. The van der Waals surface area contributed by atoms with Crippen molar-refractivity contribution in [2.75, 3.05) is 6.54 Å². The van der Waals surface area contributed by atoms with Gasteiger partial charge in [0.2, 0.25) is 5.91 Å². The average molecular weight is 374 g/mol. The van der Waals surface area contributed by atoms with E-state index in [0.29, 0.717) is 16.2 Å². The maximum atomic E-state index is 13.8. The van der Waals surface area contributed by atoms with Crippen LogP contribution in [0.2, 0.25) is 0 Å². The van der Waals surface area contributed by atoms with Crippen LogP contribution in [-0.4, -0.2) is 33.7 Å². The van der Waals surface area contributed by atoms with Crippen LogP contribution in [-0.2, 0) is 9.59 Å². The number of carboxylic acid groups (broad SMARTS) is 1. The van der Waals surface area contributed by atoms with Crippen LogP contribution in [0.4, 0.5) is 10.1 Å². The zero-order chi connectivity index (χ0) is 15.6. The highest BCUT2D eigenvalue weighted by Gasteiger charge is 2.37. The van der Waals surface area contributed by atoms with E-state index < -0.39 is 17.0 Å². The van der Waals surface area contributed by atoms with Gasteiger partial charge in [0.1, 0.15) is 11.5 Å². The normalized spacial score (nSPS) is 20.3. The second-order valence-corrected chi connectivity index (χ2v) is 6.34. The number of halogens is 2. The van der Waals surface area contributed by atoms with Crippen LogP contribution < -0.4 is 5.11 Å². The van der Waals surface area contributed by atoms with Gasteiger partial charge in [-0.25, -0.2) is 9.38 Å². The lowest BCUT2D eigenvalue weighted by molar-refractivity contribution is -0.305. The fraction of sp³-hybridized carbons (Fsp3) is 0.308. The minimum Gasteiger partial charge on any atom is -0.550 e. The molecule has 1 atom stereocenters. The number of carbonyl (C=O) groups excluding carboxylic acids is 2. The number of amides is 1. The van der Waals surface area contributed by atoms with Gasteiger partial charge in [0, 0.05) is 23.4 Å². The SMILES string of the molecule is CCN1C(=O)[C@@H](CC(=O)[O-])SC1=Nc1ccc(Br)cc1F. The molecule has 21 heavy (non-hydrogen) atoms. The Labute approximate surface area is 133 Å². The van der Waals surface area contributed by atoms with Crippen molar-refractivity contribution in [1.29, 1.82) is 0 Å². The molecule has 0 saturated carbocycles. The van der Waals surface area contributed by atoms with Crippen molar-refractivity contribution in [3.63, 3.8) is 0 Å². The molecular formula is C13H11BrFN2O3S-. The molecule has 1 aliphatic rings. The summed E-state index contributed by atoms with van der Waals surface area (Å²) in [6.07, 6.45) is -0.387. The Morgan fingerprint density at radius 3 is 2.86 bits per heavy atom. The molecule has 0 aliphatic carbocycles. The van der Waals surface area contributed by atoms with E-state index in [1.807, 2.05) is 0 Å². The van der Waals surface area contributed by atoms with Crippen LogP contribution >= 0.6 is 27.7 Å². The van der Waals surface area contributed by atoms with E-state index in [0.717, 1.165) is 11.8 Å². The van der Waals surface area contributed by atoms with E-state index in [-0.39, 0.29) is 18.0 Å². The highest BCUT2D eigenvalue weighted by molar-refractivity contribution is 9.10. The number of aliphatic imine (C=N–C) groups is 1. The summed E-state index contributed by atoms with van der Waals surface area (Å²) in [5.41, 5.74) is 0.0982. The van der Waals surface area contributed by atoms with Gasteiger partial charge in [-0.3, -0.25) is 9.69 Å². The minimum atomic E-state index is -1.30. The number of aliphatic carboxylic acids is 1. The molecule has 1 amide bonds. The van der Waals surface area contributed by atoms with E-state index in [4.69, 9.17) is 0 Å². The summed E-state index contributed by atoms with van der Waals surface area (Å²) in [4.78, 5) is 28.2. The fourth-order valence-electron chi connectivity index (χ4n) is 1.84. The lowest BCUT2D eigenvalue weighted by Gasteiger charge is -2.13. The standard InChI is InChI=1S/C13H12BrFN2O3S/c1-2-17-12(20)10(6-11(18)19)21-13(17)16-9-4-3-7(14)5-8(9)15/h3-5,10H,2,6H2,1H3,(H,18,19)/p-1/t10-/m1/s1. The largest absolute Gasteiger partial charge is 0.550 e. The molecule has 1 fully saturated rings. The first kappa shape index (κ1) is 16.0. The maximum absolute atomic E-state index is 13.8. The molecule has 1 aromatic carbocycles. The summed E-state index contributed by atoms with van der Waals surface area (Å²) in [6, 6.07) is 4.39. The zero-order valence-electron chi connectivity index (χ0n) is 11.0. The highest BCUT2D eigenvalue weighted by Crippen LogP contribution is 2.32. The smallest absolute Gasteiger partial charge is 0.242 e. The van der Waals surface area contributed by atoms with Crippen molar-refractivity contribution < 1.29 is 19.1 Å². The molecule has 0 unspecified atom stereocenters. The topological polar surface area (TPSA) is 72.8 Å². The van der Waals surface area contributed by atoms with Gasteiger partial charge in [0.15, 0.2) is 5.17 Å². The second-order valence-electron chi connectivity index (χ2n) is 4.26. The number of amidine groups is 1. The van der Waals surface area contributed by atoms with Gasteiger partial charge >= 0.3 is 0 Å². The van der Waals surface area contributed by atoms with Crippen molar-refractivity contribution in [2.45, 2.75) is 18.6 Å². The molecule has 5 nitrogen and oxygen atoms in total. The second kappa shape index (κ2) is 6.57. The van der Waals surface area contributed by atoms with E-state index >= 15 is 0 Å². The fourth-order valence-corrected chi connectivity index (χ4v) is 3.37. The van der Waals surface area contributed by atoms with Crippen molar-refractivity contribution in [3.05, 3.63) is 28.5 Å². The van der Waals surface area contributed by atoms with Crippen LogP contribution in [0.25, 0.3) is 0 Å². The molecule has 0 aromatic heterocycles. The maximum Gasteiger partial charge on any atom is 0.242 e. The molecule has 1 aliphatic heterocycles. The predicted molar refractivity (Wildman–Crippen MR) is 79.6 cm³/mol. The molecule has 8 heteroatoms. The molecule has 2 rings (SSSR count). The third-order valence-electron chi connectivity index (χ3n) is 2.81. The number of benzene rings is 1. The number of hydrogen-bond acceptors (Lipinski definition) is 5. The Hall–Kier alpha value is -1.41. The Kier molecular flexibility index (Phi) is 5.00. The molecule has 0 bridgehead atoms. The van der Waals surface area contributed by atoms with E-state index in [9.17, 15) is 19.1 Å². The van der Waals surface area contributed by atoms with Gasteiger partial charge in [-0.2, -0.15) is 0 Å². The van der Waals surface area contributed by atoms with Crippen LogP contribution in [0, 0.1) is 5.82 Å². The van der Waals surface area contributed by atoms with Gasteiger partial charge in [-0.15, -0.1) is 0 Å². The summed E-state index contributed by atoms with van der Waals surface area (Å²) in [6.45, 7) is 2.08. The molecule has 1 heterocycles. The van der Waals surface area contributed by atoms with Gasteiger partial charge in [0.25, 0.3) is 0 Å². The van der Waals surface area contributed by atoms with Crippen molar-refractivity contribution in [3.8, 4) is 0 Å². The van der Waals surface area contributed by atoms with Gasteiger partial charge in [-0.05, 0) is 25.1 Å². The molecule has 1 saturated heterocycles. The van der Waals surface area contributed by atoms with Gasteiger partial charge < -0.3 is 9.90 Å². The average Bonchev–Trinajstić information content (AvgIpc) is 2.68. The van der Waals surface area contributed by atoms with Crippen molar-refractivity contribution in [1.82, 2.24) is 4.90 Å². The molecule has 0 spiro atoms. The van der Waals surface area contributed by atoms with Gasteiger partial charge in [0.05, 0.1) is 5.25 Å². The van der Waals surface area contributed by atoms with E-state index in [1.54, 1.807) is 13.0 Å². The van der Waals surface area contributed by atoms with Crippen molar-refractivity contribution in [2.24, 2.45) is 4.99 Å². The van der Waals surface area contributed by atoms with Crippen molar-refractivity contribution >= 4 is 50.4 Å². The summed E-state index contributed by atoms with van der Waals surface area (Å²) < 4.78 is 14.4. The first-order chi connectivity index (χ1) is 9.92. The summed E-state index contributed by atoms with van der Waals surface area (Å²) >= 11 is 4.17. The first-order valence-electron chi connectivity index (χ1n) is 6.14. The summed E-state index contributed by atoms with van der Waals surface area (Å²) in [5.74, 6) is -2.17. The summed E-state index contributed by atoms with van der Waals surface area (Å²) in [5, 5.41) is 10.2. The zero-order valence-corrected chi connectivity index (χ0v) is 13.4. The van der Waals surface area contributed by atoms with Crippen LogP contribution in [0.3, 0.4) is 0 Å². The molecule has 112 valence electrons. The van der Waals surface area contributed by atoms with E-state index in [1.165, 1.54) is 17.0 Å². The number of nitrogens with zero attached hydrogens (tertiary/aromatic N) is 2. The monoisotopic (exact) mass is 373 g/mol. The third-order valence-corrected chi connectivity index (χ3v) is 4.48. The number of rotatable bonds is 4. The Balaban J connectivity index is 2.31. The number of thioether (sulfide) groups is 1. The highest BCUT2D eigenvalue weighted by atomic mass is 79.9. The lowest BCUT2D eigenvalue weighted by Crippen LogP contribution is -2.34. The minimum absolute atomic E-state index is 0.0982. The first-order valence-corrected chi connectivity index (χ1v) is 7.81. The number of hydrogen-bond donors (Lipinski definition) is 0. The number of carboxylic acids is 1. The van der Waals surface area contributed by atoms with Gasteiger partial charge in [-0.1, -0.05) is 27.7 Å². The molecule has 1 aromatic rings. The molecule has 0 N–H and O–H groups in total. The Morgan fingerprint density at radius 2 is 2.29 bits per heavy atom. The molecule has 0 radical (unpaired) electrons. The number of carbonyl (C=O) groups is 2. The predicted octanol–water partition coefficient (Wildman–Crippen LogP) is 1.68. The summed E-state index contributed by atoms with van der Waals surface area (Å²) in [7, 11) is 0. The Morgan fingerprint density at radius 1 is 1.57 bits per heavy atom. The van der Waals surface area contributed by atoms with Crippen LogP contribution in [0.5, 0.6) is 0 Å². The van der Waals surface area contributed by atoms with Crippen LogP contribution in [0.15, 0.2) is 27.7 Å². The Bertz CT molecular complexity index is 623. The molecular weight excluding hydrogens is 363 g/mol. The third kappa shape index (κ3) is 3.62.